The van der Waals surface area contributed by atoms with E-state index in [4.69, 9.17) is 11.0 Å². The first-order chi connectivity index (χ1) is 8.83. The van der Waals surface area contributed by atoms with Crippen molar-refractivity contribution in [2.24, 2.45) is 5.73 Å². The molecule has 2 rings (SSSR count). The van der Waals surface area contributed by atoms with Crippen LogP contribution in [0.25, 0.3) is 0 Å². The van der Waals surface area contributed by atoms with Crippen LogP contribution in [0.2, 0.25) is 0 Å². The molecular formula is C14H17N3S. The zero-order chi connectivity index (χ0) is 12.8. The van der Waals surface area contributed by atoms with Crippen LogP contribution in [0.4, 0.5) is 0 Å². The van der Waals surface area contributed by atoms with E-state index in [-0.39, 0.29) is 0 Å². The van der Waals surface area contributed by atoms with Crippen LogP contribution in [0.1, 0.15) is 29.0 Å². The maximum absolute atomic E-state index is 8.68. The summed E-state index contributed by atoms with van der Waals surface area (Å²) in [6, 6.07) is 7.10. The fourth-order valence-electron chi connectivity index (χ4n) is 1.89. The van der Waals surface area contributed by atoms with Gasteiger partial charge in [-0.2, -0.15) is 5.26 Å². The minimum absolute atomic E-state index is 0.406. The van der Waals surface area contributed by atoms with Gasteiger partial charge in [0, 0.05) is 30.4 Å². The molecule has 1 aliphatic carbocycles. The van der Waals surface area contributed by atoms with Gasteiger partial charge in [0.1, 0.15) is 0 Å². The second-order valence-corrected chi connectivity index (χ2v) is 5.55. The Balaban J connectivity index is 1.94. The molecule has 0 radical (unpaired) electrons. The van der Waals surface area contributed by atoms with E-state index in [0.717, 1.165) is 18.0 Å². The van der Waals surface area contributed by atoms with E-state index in [2.05, 4.69) is 34.9 Å². The van der Waals surface area contributed by atoms with Crippen molar-refractivity contribution >= 4 is 11.3 Å². The second kappa shape index (κ2) is 6.56. The lowest BCUT2D eigenvalue weighted by Crippen LogP contribution is -2.26. The summed E-state index contributed by atoms with van der Waals surface area (Å²) in [5.74, 6) is 5.93. The highest BCUT2D eigenvalue weighted by Gasteiger charge is 2.28. The van der Waals surface area contributed by atoms with Crippen LogP contribution >= 0.6 is 11.3 Å². The number of hydrogen-bond acceptors (Lipinski definition) is 4. The van der Waals surface area contributed by atoms with Crippen molar-refractivity contribution in [1.82, 2.24) is 4.90 Å². The summed E-state index contributed by atoms with van der Waals surface area (Å²) < 4.78 is 0. The van der Waals surface area contributed by atoms with Crippen molar-refractivity contribution in [3.8, 4) is 17.9 Å². The minimum atomic E-state index is 0.406. The topological polar surface area (TPSA) is 53.0 Å². The highest BCUT2D eigenvalue weighted by molar-refractivity contribution is 7.12. The third kappa shape index (κ3) is 3.85. The first kappa shape index (κ1) is 13.1. The van der Waals surface area contributed by atoms with Gasteiger partial charge >= 0.3 is 0 Å². The Kier molecular flexibility index (Phi) is 4.78. The Morgan fingerprint density at radius 3 is 2.94 bits per heavy atom. The molecule has 1 aromatic heterocycles. The number of rotatable bonds is 5. The Labute approximate surface area is 112 Å². The number of thiophene rings is 1. The van der Waals surface area contributed by atoms with E-state index in [1.165, 1.54) is 17.7 Å². The summed E-state index contributed by atoms with van der Waals surface area (Å²) in [5, 5.41) is 8.68. The maximum atomic E-state index is 8.68. The molecule has 0 saturated heterocycles. The molecule has 1 aliphatic rings. The first-order valence-corrected chi connectivity index (χ1v) is 7.04. The predicted molar refractivity (Wildman–Crippen MR) is 73.9 cm³/mol. The van der Waals surface area contributed by atoms with Crippen molar-refractivity contribution in [1.29, 1.82) is 5.26 Å². The van der Waals surface area contributed by atoms with Crippen LogP contribution in [0.5, 0.6) is 0 Å². The molecule has 0 atom stereocenters. The minimum Gasteiger partial charge on any atom is -0.320 e. The standard InChI is InChI=1S/C14H17N3S/c15-8-1-3-13-6-7-14(18-13)11-17(10-2-9-16)12-4-5-12/h6-7,12H,2,4-5,8,10-11,15H2. The van der Waals surface area contributed by atoms with E-state index in [9.17, 15) is 0 Å². The van der Waals surface area contributed by atoms with Crippen LogP contribution in [0.15, 0.2) is 12.1 Å². The summed E-state index contributed by atoms with van der Waals surface area (Å²) in [4.78, 5) is 4.81. The molecule has 1 aromatic rings. The fraction of sp³-hybridized carbons (Fsp3) is 0.500. The highest BCUT2D eigenvalue weighted by Crippen LogP contribution is 2.29. The summed E-state index contributed by atoms with van der Waals surface area (Å²) in [5.41, 5.74) is 5.36. The lowest BCUT2D eigenvalue weighted by molar-refractivity contribution is 0.263. The van der Waals surface area contributed by atoms with Crippen molar-refractivity contribution in [2.75, 3.05) is 13.1 Å². The molecule has 0 bridgehead atoms. The molecule has 0 spiro atoms. The monoisotopic (exact) mass is 259 g/mol. The van der Waals surface area contributed by atoms with Gasteiger partial charge in [0.2, 0.25) is 0 Å². The predicted octanol–water partition coefficient (Wildman–Crippen LogP) is 1.94. The van der Waals surface area contributed by atoms with Crippen LogP contribution < -0.4 is 5.73 Å². The molecule has 1 saturated carbocycles. The lowest BCUT2D eigenvalue weighted by atomic mass is 10.3. The van der Waals surface area contributed by atoms with Crippen molar-refractivity contribution in [3.05, 3.63) is 21.9 Å². The van der Waals surface area contributed by atoms with Crippen LogP contribution in [-0.2, 0) is 6.54 Å². The number of hydrogen-bond donors (Lipinski definition) is 1. The fourth-order valence-corrected chi connectivity index (χ4v) is 2.80. The molecule has 0 aromatic carbocycles. The summed E-state index contributed by atoms with van der Waals surface area (Å²) in [7, 11) is 0. The maximum Gasteiger partial charge on any atom is 0.0772 e. The van der Waals surface area contributed by atoms with E-state index in [1.807, 2.05) is 0 Å². The molecule has 1 heterocycles. The van der Waals surface area contributed by atoms with Gasteiger partial charge in [-0.15, -0.1) is 11.3 Å². The zero-order valence-electron chi connectivity index (χ0n) is 10.4. The van der Waals surface area contributed by atoms with Gasteiger partial charge in [-0.25, -0.2) is 0 Å². The van der Waals surface area contributed by atoms with Gasteiger partial charge in [0.05, 0.1) is 17.5 Å². The van der Waals surface area contributed by atoms with Crippen LogP contribution in [0, 0.1) is 23.2 Å². The zero-order valence-corrected chi connectivity index (χ0v) is 11.2. The van der Waals surface area contributed by atoms with Crippen molar-refractivity contribution < 1.29 is 0 Å². The van der Waals surface area contributed by atoms with Crippen molar-refractivity contribution in [3.63, 3.8) is 0 Å². The molecule has 2 N–H and O–H groups in total. The van der Waals surface area contributed by atoms with Gasteiger partial charge in [0.15, 0.2) is 0 Å². The number of nitriles is 1. The molecule has 18 heavy (non-hydrogen) atoms. The van der Waals surface area contributed by atoms with Gasteiger partial charge < -0.3 is 5.73 Å². The van der Waals surface area contributed by atoms with Crippen LogP contribution in [-0.4, -0.2) is 24.0 Å². The number of nitrogens with two attached hydrogens (primary N) is 1. The smallest absolute Gasteiger partial charge is 0.0772 e. The molecule has 4 heteroatoms. The largest absolute Gasteiger partial charge is 0.320 e. The van der Waals surface area contributed by atoms with E-state index >= 15 is 0 Å². The molecular weight excluding hydrogens is 242 g/mol. The normalized spacial score (nSPS) is 14.1. The Morgan fingerprint density at radius 2 is 2.28 bits per heavy atom. The second-order valence-electron chi connectivity index (χ2n) is 4.38. The quantitative estimate of drug-likeness (QED) is 0.822. The highest BCUT2D eigenvalue weighted by atomic mass is 32.1. The third-order valence-corrected chi connectivity index (χ3v) is 3.89. The molecule has 0 amide bonds. The molecule has 1 fully saturated rings. The molecule has 3 nitrogen and oxygen atoms in total. The molecule has 94 valence electrons. The Hall–Kier alpha value is -1.33. The van der Waals surface area contributed by atoms with E-state index < -0.39 is 0 Å². The van der Waals surface area contributed by atoms with Gasteiger partial charge in [0.25, 0.3) is 0 Å². The average molecular weight is 259 g/mol. The van der Waals surface area contributed by atoms with Gasteiger partial charge in [-0.3, -0.25) is 4.90 Å². The Morgan fingerprint density at radius 1 is 1.44 bits per heavy atom. The van der Waals surface area contributed by atoms with Gasteiger partial charge in [-0.1, -0.05) is 11.8 Å². The van der Waals surface area contributed by atoms with Crippen LogP contribution in [0.3, 0.4) is 0 Å². The first-order valence-electron chi connectivity index (χ1n) is 6.22. The third-order valence-electron chi connectivity index (χ3n) is 2.91. The van der Waals surface area contributed by atoms with E-state index in [1.54, 1.807) is 11.3 Å². The lowest BCUT2D eigenvalue weighted by Gasteiger charge is -2.19. The summed E-state index contributed by atoms with van der Waals surface area (Å²) in [6.07, 6.45) is 3.16. The molecule has 0 unspecified atom stereocenters. The number of nitrogens with zero attached hydrogens (tertiary/aromatic N) is 2. The molecule has 0 aliphatic heterocycles. The Bertz CT molecular complexity index is 485. The summed E-state index contributed by atoms with van der Waals surface area (Å²) >= 11 is 1.73. The van der Waals surface area contributed by atoms with E-state index in [0.29, 0.717) is 19.0 Å². The SMILES string of the molecule is N#CCCN(Cc1ccc(C#CCN)s1)C1CC1. The summed E-state index contributed by atoms with van der Waals surface area (Å²) in [6.45, 7) is 2.23. The average Bonchev–Trinajstić information content (AvgIpc) is 3.13. The van der Waals surface area contributed by atoms with Crippen molar-refractivity contribution in [2.45, 2.75) is 31.8 Å². The van der Waals surface area contributed by atoms with Gasteiger partial charge in [-0.05, 0) is 25.0 Å².